The summed E-state index contributed by atoms with van der Waals surface area (Å²) < 4.78 is 0. The average molecular weight is 226 g/mol. The van der Waals surface area contributed by atoms with Crippen molar-refractivity contribution in [3.8, 4) is 0 Å². The van der Waals surface area contributed by atoms with E-state index >= 15 is 0 Å². The van der Waals surface area contributed by atoms with Gasteiger partial charge in [0.05, 0.1) is 0 Å². The monoisotopic (exact) mass is 226 g/mol. The second-order valence-corrected chi connectivity index (χ2v) is 7.58. The van der Waals surface area contributed by atoms with Crippen LogP contribution >= 0.6 is 11.8 Å². The molecule has 15 heavy (non-hydrogen) atoms. The summed E-state index contributed by atoms with van der Waals surface area (Å²) in [5.74, 6) is 1.72. The Labute approximate surface area is 103 Å². The molecule has 0 nitrogen and oxygen atoms in total. The lowest BCUT2D eigenvalue weighted by atomic mass is 9.94. The molecule has 0 spiro atoms. The Bertz CT molecular complexity index is 133. The maximum absolute atomic E-state index is 2.39. The molecule has 0 aromatic heterocycles. The molecule has 0 aromatic carbocycles. The topological polar surface area (TPSA) is 0 Å². The molecule has 2 atom stereocenters. The summed E-state index contributed by atoms with van der Waals surface area (Å²) in [5, 5.41) is 1.68. The third-order valence-electron chi connectivity index (χ3n) is 2.77. The zero-order valence-electron chi connectivity index (χ0n) is 11.5. The summed E-state index contributed by atoms with van der Waals surface area (Å²) in [7, 11) is 4.78. The average Bonchev–Trinajstić information content (AvgIpc) is 2.11. The van der Waals surface area contributed by atoms with Crippen LogP contribution in [0.2, 0.25) is 0 Å². The molecule has 0 aromatic rings. The SMILES string of the molecule is BC(CCC(C)C)SC(B)CCC(C)C. The van der Waals surface area contributed by atoms with Gasteiger partial charge in [-0.3, -0.25) is 0 Å². The highest BCUT2D eigenvalue weighted by Gasteiger charge is 2.10. The first-order valence-corrected chi connectivity index (χ1v) is 7.51. The molecule has 0 aliphatic heterocycles. The van der Waals surface area contributed by atoms with Crippen molar-refractivity contribution >= 4 is 27.5 Å². The van der Waals surface area contributed by atoms with E-state index in [-0.39, 0.29) is 0 Å². The Morgan fingerprint density at radius 2 is 1.07 bits per heavy atom. The van der Waals surface area contributed by atoms with Crippen LogP contribution in [-0.4, -0.2) is 26.0 Å². The summed E-state index contributed by atoms with van der Waals surface area (Å²) in [5.41, 5.74) is 0. The van der Waals surface area contributed by atoms with Crippen LogP contribution < -0.4 is 0 Å². The molecule has 0 aliphatic carbocycles. The molecule has 0 radical (unpaired) electrons. The molecule has 0 fully saturated rings. The van der Waals surface area contributed by atoms with Gasteiger partial charge in [-0.1, -0.05) is 40.5 Å². The maximum Gasteiger partial charge on any atom is 0.118 e. The van der Waals surface area contributed by atoms with Crippen molar-refractivity contribution in [2.24, 2.45) is 11.8 Å². The van der Waals surface area contributed by atoms with Gasteiger partial charge < -0.3 is 0 Å². The van der Waals surface area contributed by atoms with E-state index in [0.29, 0.717) is 0 Å². The van der Waals surface area contributed by atoms with Crippen molar-refractivity contribution in [1.29, 1.82) is 0 Å². The lowest BCUT2D eigenvalue weighted by Crippen LogP contribution is -2.13. The number of thioether (sulfide) groups is 1. The Morgan fingerprint density at radius 3 is 1.33 bits per heavy atom. The fourth-order valence-electron chi connectivity index (χ4n) is 1.67. The van der Waals surface area contributed by atoms with Gasteiger partial charge in [-0.05, 0) is 35.0 Å². The van der Waals surface area contributed by atoms with Crippen molar-refractivity contribution in [1.82, 2.24) is 0 Å². The number of hydrogen-bond donors (Lipinski definition) is 0. The first-order chi connectivity index (χ1) is 6.91. The zero-order chi connectivity index (χ0) is 11.8. The molecule has 3 heteroatoms. The van der Waals surface area contributed by atoms with Gasteiger partial charge in [0.2, 0.25) is 0 Å². The van der Waals surface area contributed by atoms with E-state index in [2.05, 4.69) is 55.1 Å². The van der Waals surface area contributed by atoms with E-state index in [1.54, 1.807) is 0 Å². The molecule has 0 saturated carbocycles. The number of hydrogen-bond acceptors (Lipinski definition) is 1. The van der Waals surface area contributed by atoms with E-state index in [0.717, 1.165) is 22.1 Å². The maximum atomic E-state index is 2.39. The second kappa shape index (κ2) is 8.61. The Morgan fingerprint density at radius 1 is 0.733 bits per heavy atom. The van der Waals surface area contributed by atoms with E-state index < -0.39 is 0 Å². The van der Waals surface area contributed by atoms with Gasteiger partial charge in [-0.25, -0.2) is 0 Å². The van der Waals surface area contributed by atoms with Crippen molar-refractivity contribution < 1.29 is 0 Å². The summed E-state index contributed by atoms with van der Waals surface area (Å²) in [6.45, 7) is 9.28. The third kappa shape index (κ3) is 10.8. The van der Waals surface area contributed by atoms with Gasteiger partial charge in [-0.15, -0.1) is 0 Å². The Hall–Kier alpha value is 0.480. The molecule has 0 saturated heterocycles. The predicted molar refractivity (Wildman–Crippen MR) is 80.4 cm³/mol. The van der Waals surface area contributed by atoms with Crippen LogP contribution in [0.4, 0.5) is 0 Å². The van der Waals surface area contributed by atoms with Gasteiger partial charge >= 0.3 is 0 Å². The van der Waals surface area contributed by atoms with Crippen molar-refractivity contribution in [2.75, 3.05) is 0 Å². The molecule has 0 rings (SSSR count). The highest BCUT2D eigenvalue weighted by molar-refractivity contribution is 8.02. The van der Waals surface area contributed by atoms with Crippen LogP contribution in [0.15, 0.2) is 0 Å². The first-order valence-electron chi connectivity index (χ1n) is 6.57. The summed E-state index contributed by atoms with van der Waals surface area (Å²) in [4.78, 5) is 0. The van der Waals surface area contributed by atoms with E-state index in [1.165, 1.54) is 25.7 Å². The summed E-state index contributed by atoms with van der Waals surface area (Å²) in [6.07, 6.45) is 5.53. The molecular formula is C12H28B2S. The molecule has 0 amide bonds. The number of rotatable bonds is 8. The Balaban J connectivity index is 3.52. The predicted octanol–water partition coefficient (Wildman–Crippen LogP) is 2.51. The van der Waals surface area contributed by atoms with Crippen LogP contribution in [0.25, 0.3) is 0 Å². The highest BCUT2D eigenvalue weighted by atomic mass is 32.2. The van der Waals surface area contributed by atoms with Crippen molar-refractivity contribution in [3.05, 3.63) is 0 Å². The minimum absolute atomic E-state index is 0.842. The van der Waals surface area contributed by atoms with Crippen LogP contribution in [-0.2, 0) is 0 Å². The molecule has 0 N–H and O–H groups in total. The minimum Gasteiger partial charge on any atom is -0.173 e. The first kappa shape index (κ1) is 15.5. The van der Waals surface area contributed by atoms with Crippen LogP contribution in [0.3, 0.4) is 0 Å². The largest absolute Gasteiger partial charge is 0.173 e. The standard InChI is InChI=1S/C12H28B2S/c1-9(2)5-7-11(13)15-12(14)8-6-10(3)4/h9-12H,5-8,13-14H2,1-4H3. The molecular weight excluding hydrogens is 198 g/mol. The molecule has 0 heterocycles. The lowest BCUT2D eigenvalue weighted by molar-refractivity contribution is 0.566. The van der Waals surface area contributed by atoms with Crippen LogP contribution in [0.1, 0.15) is 53.4 Å². The van der Waals surface area contributed by atoms with E-state index in [9.17, 15) is 0 Å². The van der Waals surface area contributed by atoms with Crippen LogP contribution in [0.5, 0.6) is 0 Å². The van der Waals surface area contributed by atoms with Crippen LogP contribution in [0, 0.1) is 11.8 Å². The lowest BCUT2D eigenvalue weighted by Gasteiger charge is -2.18. The quantitative estimate of drug-likeness (QED) is 0.573. The van der Waals surface area contributed by atoms with Crippen molar-refractivity contribution in [3.63, 3.8) is 0 Å². The fourth-order valence-corrected chi connectivity index (χ4v) is 3.01. The van der Waals surface area contributed by atoms with E-state index in [4.69, 9.17) is 0 Å². The van der Waals surface area contributed by atoms with Gasteiger partial charge in [0, 0.05) is 0 Å². The fraction of sp³-hybridized carbons (Fsp3) is 1.00. The van der Waals surface area contributed by atoms with Gasteiger partial charge in [0.25, 0.3) is 0 Å². The minimum atomic E-state index is 0.842. The van der Waals surface area contributed by atoms with Gasteiger partial charge in [-0.2, -0.15) is 11.8 Å². The van der Waals surface area contributed by atoms with E-state index in [1.807, 2.05) is 0 Å². The zero-order valence-corrected chi connectivity index (χ0v) is 12.4. The molecule has 0 bridgehead atoms. The molecule has 88 valence electrons. The normalized spacial score (nSPS) is 15.9. The highest BCUT2D eigenvalue weighted by Crippen LogP contribution is 2.23. The summed E-state index contributed by atoms with van der Waals surface area (Å²) >= 11 is 2.18. The van der Waals surface area contributed by atoms with Gasteiger partial charge in [0.1, 0.15) is 15.7 Å². The second-order valence-electron chi connectivity index (χ2n) is 5.70. The summed E-state index contributed by atoms with van der Waals surface area (Å²) in [6, 6.07) is 0. The molecule has 0 aliphatic rings. The van der Waals surface area contributed by atoms with Gasteiger partial charge in [0.15, 0.2) is 0 Å². The Kier molecular flexibility index (Phi) is 8.89. The third-order valence-corrected chi connectivity index (χ3v) is 4.17. The molecule has 2 unspecified atom stereocenters. The smallest absolute Gasteiger partial charge is 0.118 e. The van der Waals surface area contributed by atoms with Crippen molar-refractivity contribution in [2.45, 2.75) is 63.7 Å².